The highest BCUT2D eigenvalue weighted by atomic mass is 35.5. The van der Waals surface area contributed by atoms with Gasteiger partial charge in [-0.05, 0) is 24.3 Å². The van der Waals surface area contributed by atoms with Gasteiger partial charge >= 0.3 is 0 Å². The molecule has 2 N–H and O–H groups in total. The topological polar surface area (TPSA) is 58.6 Å². The minimum absolute atomic E-state index is 0.0665. The van der Waals surface area contributed by atoms with E-state index in [0.29, 0.717) is 10.8 Å². The van der Waals surface area contributed by atoms with E-state index in [9.17, 15) is 9.90 Å². The first-order valence-corrected chi connectivity index (χ1v) is 6.47. The van der Waals surface area contributed by atoms with Crippen molar-refractivity contribution >= 4 is 34.8 Å². The highest BCUT2D eigenvalue weighted by Crippen LogP contribution is 2.34. The van der Waals surface area contributed by atoms with Crippen LogP contribution in [0.4, 0.5) is 5.69 Å². The van der Waals surface area contributed by atoms with E-state index < -0.39 is 5.91 Å². The monoisotopic (exact) mass is 311 g/mol. The predicted molar refractivity (Wildman–Crippen MR) is 78.7 cm³/mol. The number of nitrogens with one attached hydrogen (secondary N) is 1. The first kappa shape index (κ1) is 14.5. The molecule has 2 aromatic rings. The lowest BCUT2D eigenvalue weighted by Crippen LogP contribution is -2.20. The molecule has 104 valence electrons. The van der Waals surface area contributed by atoms with Crippen LogP contribution in [0.1, 0.15) is 0 Å². The standard InChI is InChI=1S/C14H11Cl2NO3/c15-9-6-11(16)14(19)12(7-9)17-13(18)8-20-10-4-2-1-3-5-10/h1-7,19H,8H2,(H,17,18). The third kappa shape index (κ3) is 3.79. The van der Waals surface area contributed by atoms with Crippen molar-refractivity contribution in [1.82, 2.24) is 0 Å². The molecule has 0 aromatic heterocycles. The van der Waals surface area contributed by atoms with Gasteiger partial charge in [-0.2, -0.15) is 0 Å². The molecule has 0 aliphatic carbocycles. The van der Waals surface area contributed by atoms with Crippen molar-refractivity contribution in [2.24, 2.45) is 0 Å². The Hall–Kier alpha value is -1.91. The second kappa shape index (κ2) is 6.50. The summed E-state index contributed by atoms with van der Waals surface area (Å²) < 4.78 is 5.28. The quantitative estimate of drug-likeness (QED) is 0.846. The zero-order valence-electron chi connectivity index (χ0n) is 10.3. The molecule has 0 unspecified atom stereocenters. The van der Waals surface area contributed by atoms with Crippen molar-refractivity contribution in [1.29, 1.82) is 0 Å². The van der Waals surface area contributed by atoms with Crippen LogP contribution in [0.3, 0.4) is 0 Å². The normalized spacial score (nSPS) is 10.1. The predicted octanol–water partition coefficient (Wildman–Crippen LogP) is 3.72. The van der Waals surface area contributed by atoms with Crippen molar-refractivity contribution in [3.63, 3.8) is 0 Å². The number of phenolic OH excluding ortho intramolecular Hbond substituents is 1. The van der Waals surface area contributed by atoms with E-state index in [4.69, 9.17) is 27.9 Å². The average Bonchev–Trinajstić information content (AvgIpc) is 2.43. The van der Waals surface area contributed by atoms with Crippen LogP contribution in [-0.2, 0) is 4.79 Å². The smallest absolute Gasteiger partial charge is 0.262 e. The molecule has 0 atom stereocenters. The van der Waals surface area contributed by atoms with E-state index in [2.05, 4.69) is 5.32 Å². The minimum atomic E-state index is -0.428. The Morgan fingerprint density at radius 3 is 2.60 bits per heavy atom. The lowest BCUT2D eigenvalue weighted by molar-refractivity contribution is -0.118. The molecular weight excluding hydrogens is 301 g/mol. The summed E-state index contributed by atoms with van der Waals surface area (Å²) in [7, 11) is 0. The number of amides is 1. The lowest BCUT2D eigenvalue weighted by Gasteiger charge is -2.10. The van der Waals surface area contributed by atoms with Crippen LogP contribution in [-0.4, -0.2) is 17.6 Å². The van der Waals surface area contributed by atoms with E-state index >= 15 is 0 Å². The van der Waals surface area contributed by atoms with Crippen LogP contribution >= 0.6 is 23.2 Å². The number of anilines is 1. The number of halogens is 2. The molecule has 0 radical (unpaired) electrons. The van der Waals surface area contributed by atoms with E-state index in [1.54, 1.807) is 24.3 Å². The number of ether oxygens (including phenoxy) is 1. The van der Waals surface area contributed by atoms with Crippen molar-refractivity contribution in [2.75, 3.05) is 11.9 Å². The number of rotatable bonds is 4. The molecule has 6 heteroatoms. The number of carbonyl (C=O) groups is 1. The molecule has 20 heavy (non-hydrogen) atoms. The van der Waals surface area contributed by atoms with Crippen molar-refractivity contribution in [3.05, 3.63) is 52.5 Å². The van der Waals surface area contributed by atoms with Gasteiger partial charge in [0.2, 0.25) is 0 Å². The lowest BCUT2D eigenvalue weighted by atomic mass is 10.3. The Morgan fingerprint density at radius 1 is 1.20 bits per heavy atom. The van der Waals surface area contributed by atoms with Gasteiger partial charge in [0.1, 0.15) is 5.75 Å². The molecular formula is C14H11Cl2NO3. The van der Waals surface area contributed by atoms with Crippen molar-refractivity contribution in [3.8, 4) is 11.5 Å². The third-order valence-corrected chi connectivity index (χ3v) is 2.92. The Balaban J connectivity index is 1.98. The second-order valence-corrected chi connectivity index (χ2v) is 4.78. The molecule has 0 saturated carbocycles. The fraction of sp³-hybridized carbons (Fsp3) is 0.0714. The fourth-order valence-corrected chi connectivity index (χ4v) is 2.01. The van der Waals surface area contributed by atoms with Crippen molar-refractivity contribution in [2.45, 2.75) is 0 Å². The maximum absolute atomic E-state index is 11.7. The third-order valence-electron chi connectivity index (χ3n) is 2.42. The number of benzene rings is 2. The van der Waals surface area contributed by atoms with Gasteiger partial charge in [0, 0.05) is 5.02 Å². The summed E-state index contributed by atoms with van der Waals surface area (Å²) in [6, 6.07) is 11.7. The van der Waals surface area contributed by atoms with E-state index in [1.807, 2.05) is 6.07 Å². The number of para-hydroxylation sites is 1. The summed E-state index contributed by atoms with van der Waals surface area (Å²) in [6.45, 7) is -0.187. The summed E-state index contributed by atoms with van der Waals surface area (Å²) >= 11 is 11.6. The molecule has 0 heterocycles. The van der Waals surface area contributed by atoms with Crippen LogP contribution in [0.25, 0.3) is 0 Å². The van der Waals surface area contributed by atoms with Crippen LogP contribution in [0.15, 0.2) is 42.5 Å². The molecule has 2 aromatic carbocycles. The van der Waals surface area contributed by atoms with Gasteiger partial charge in [-0.1, -0.05) is 41.4 Å². The van der Waals surface area contributed by atoms with E-state index in [0.717, 1.165) is 0 Å². The molecule has 0 aliphatic rings. The van der Waals surface area contributed by atoms with Gasteiger partial charge in [0.05, 0.1) is 10.7 Å². The van der Waals surface area contributed by atoms with Crippen LogP contribution < -0.4 is 10.1 Å². The summed E-state index contributed by atoms with van der Waals surface area (Å²) in [5, 5.41) is 12.6. The zero-order valence-corrected chi connectivity index (χ0v) is 11.8. The largest absolute Gasteiger partial charge is 0.504 e. The number of hydrogen-bond acceptors (Lipinski definition) is 3. The van der Waals surface area contributed by atoms with Gasteiger partial charge in [-0.3, -0.25) is 4.79 Å². The number of phenols is 1. The Morgan fingerprint density at radius 2 is 1.90 bits per heavy atom. The first-order valence-electron chi connectivity index (χ1n) is 5.72. The van der Waals surface area contributed by atoms with E-state index in [1.165, 1.54) is 12.1 Å². The Labute approximate surface area is 125 Å². The van der Waals surface area contributed by atoms with Gasteiger partial charge in [-0.15, -0.1) is 0 Å². The number of aromatic hydroxyl groups is 1. The Kier molecular flexibility index (Phi) is 4.71. The fourth-order valence-electron chi connectivity index (χ4n) is 1.51. The van der Waals surface area contributed by atoms with Gasteiger partial charge in [0.25, 0.3) is 5.91 Å². The first-order chi connectivity index (χ1) is 9.56. The molecule has 0 bridgehead atoms. The highest BCUT2D eigenvalue weighted by molar-refractivity contribution is 6.36. The molecule has 1 amide bonds. The van der Waals surface area contributed by atoms with Gasteiger partial charge in [0.15, 0.2) is 12.4 Å². The number of carbonyl (C=O) groups excluding carboxylic acids is 1. The SMILES string of the molecule is O=C(COc1ccccc1)Nc1cc(Cl)cc(Cl)c1O. The maximum Gasteiger partial charge on any atom is 0.262 e. The molecule has 0 saturated heterocycles. The highest BCUT2D eigenvalue weighted by Gasteiger charge is 2.11. The molecule has 4 nitrogen and oxygen atoms in total. The molecule has 0 fully saturated rings. The minimum Gasteiger partial charge on any atom is -0.504 e. The maximum atomic E-state index is 11.7. The average molecular weight is 312 g/mol. The molecule has 2 rings (SSSR count). The Bertz CT molecular complexity index is 617. The van der Waals surface area contributed by atoms with Crippen LogP contribution in [0.5, 0.6) is 11.5 Å². The van der Waals surface area contributed by atoms with Gasteiger partial charge in [-0.25, -0.2) is 0 Å². The number of hydrogen-bond donors (Lipinski definition) is 2. The van der Waals surface area contributed by atoms with Crippen LogP contribution in [0, 0.1) is 0 Å². The van der Waals surface area contributed by atoms with E-state index in [-0.39, 0.29) is 23.1 Å². The summed E-state index contributed by atoms with van der Waals surface area (Å²) in [4.78, 5) is 11.7. The van der Waals surface area contributed by atoms with Crippen molar-refractivity contribution < 1.29 is 14.6 Å². The second-order valence-electron chi connectivity index (χ2n) is 3.93. The summed E-state index contributed by atoms with van der Waals surface area (Å²) in [5.41, 5.74) is 0.143. The van der Waals surface area contributed by atoms with Crippen LogP contribution in [0.2, 0.25) is 10.0 Å². The molecule has 0 spiro atoms. The molecule has 0 aliphatic heterocycles. The summed E-state index contributed by atoms with van der Waals surface area (Å²) in [5.74, 6) is -0.0809. The summed E-state index contributed by atoms with van der Waals surface area (Å²) in [6.07, 6.45) is 0. The zero-order chi connectivity index (χ0) is 14.5. The van der Waals surface area contributed by atoms with Gasteiger partial charge < -0.3 is 15.2 Å².